The second-order valence-corrected chi connectivity index (χ2v) is 4.90. The maximum absolute atomic E-state index is 5.77. The van der Waals surface area contributed by atoms with Crippen LogP contribution < -0.4 is 10.1 Å². The number of benzene rings is 1. The molecule has 1 unspecified atom stereocenters. The van der Waals surface area contributed by atoms with E-state index in [-0.39, 0.29) is 0 Å². The van der Waals surface area contributed by atoms with E-state index < -0.39 is 0 Å². The van der Waals surface area contributed by atoms with Gasteiger partial charge in [-0.3, -0.25) is 0 Å². The number of hydrogen-bond acceptors (Lipinski definition) is 2. The lowest BCUT2D eigenvalue weighted by atomic mass is 10.0. The molecule has 0 saturated carbocycles. The number of rotatable bonds is 8. The molecule has 102 valence electrons. The van der Waals surface area contributed by atoms with E-state index in [1.165, 1.54) is 24.0 Å². The highest BCUT2D eigenvalue weighted by Crippen LogP contribution is 2.23. The summed E-state index contributed by atoms with van der Waals surface area (Å²) >= 11 is 0. The molecule has 18 heavy (non-hydrogen) atoms. The van der Waals surface area contributed by atoms with Gasteiger partial charge in [0.15, 0.2) is 0 Å². The Morgan fingerprint density at radius 3 is 2.61 bits per heavy atom. The van der Waals surface area contributed by atoms with Crippen molar-refractivity contribution in [1.29, 1.82) is 0 Å². The third-order valence-electron chi connectivity index (χ3n) is 3.15. The van der Waals surface area contributed by atoms with Crippen LogP contribution in [0.4, 0.5) is 0 Å². The van der Waals surface area contributed by atoms with Crippen molar-refractivity contribution < 1.29 is 4.74 Å². The van der Waals surface area contributed by atoms with E-state index in [0.717, 1.165) is 25.3 Å². The molecule has 0 aliphatic heterocycles. The topological polar surface area (TPSA) is 21.3 Å². The van der Waals surface area contributed by atoms with Crippen molar-refractivity contribution >= 4 is 0 Å². The molecule has 0 aromatic heterocycles. The Labute approximate surface area is 112 Å². The molecular weight excluding hydrogens is 222 g/mol. The maximum atomic E-state index is 5.77. The summed E-state index contributed by atoms with van der Waals surface area (Å²) in [5.74, 6) is 1.02. The zero-order valence-electron chi connectivity index (χ0n) is 12.3. The van der Waals surface area contributed by atoms with E-state index in [0.29, 0.717) is 6.04 Å². The highest BCUT2D eigenvalue weighted by molar-refractivity contribution is 5.37. The Hall–Kier alpha value is -1.02. The van der Waals surface area contributed by atoms with Gasteiger partial charge >= 0.3 is 0 Å². The SMILES string of the molecule is CCCCOc1ccc(C(C)NCCC)cc1C. The minimum Gasteiger partial charge on any atom is -0.493 e. The molecule has 1 atom stereocenters. The largest absolute Gasteiger partial charge is 0.493 e. The molecule has 0 radical (unpaired) electrons. The number of aryl methyl sites for hydroxylation is 1. The maximum Gasteiger partial charge on any atom is 0.122 e. The van der Waals surface area contributed by atoms with E-state index in [2.05, 4.69) is 51.2 Å². The summed E-state index contributed by atoms with van der Waals surface area (Å²) in [6.45, 7) is 10.6. The quantitative estimate of drug-likeness (QED) is 0.696. The Kier molecular flexibility index (Phi) is 6.81. The first-order valence-electron chi connectivity index (χ1n) is 7.15. The minimum atomic E-state index is 0.411. The van der Waals surface area contributed by atoms with Crippen LogP contribution in [0.1, 0.15) is 57.2 Å². The lowest BCUT2D eigenvalue weighted by Gasteiger charge is -2.16. The number of nitrogens with one attached hydrogen (secondary N) is 1. The van der Waals surface area contributed by atoms with E-state index in [1.807, 2.05) is 0 Å². The second-order valence-electron chi connectivity index (χ2n) is 4.90. The van der Waals surface area contributed by atoms with Gasteiger partial charge < -0.3 is 10.1 Å². The molecule has 0 bridgehead atoms. The second kappa shape index (κ2) is 8.15. The molecule has 0 fully saturated rings. The van der Waals surface area contributed by atoms with Gasteiger partial charge in [-0.25, -0.2) is 0 Å². The fourth-order valence-electron chi connectivity index (χ4n) is 1.91. The van der Waals surface area contributed by atoms with Gasteiger partial charge in [-0.05, 0) is 50.4 Å². The van der Waals surface area contributed by atoms with Gasteiger partial charge in [-0.15, -0.1) is 0 Å². The number of unbranched alkanes of at least 4 members (excludes halogenated alkanes) is 1. The normalized spacial score (nSPS) is 12.4. The molecule has 0 heterocycles. The standard InChI is InChI=1S/C16H27NO/c1-5-7-11-18-16-9-8-15(12-13(16)3)14(4)17-10-6-2/h8-9,12,14,17H,5-7,10-11H2,1-4H3. The van der Waals surface area contributed by atoms with Crippen molar-refractivity contribution in [3.8, 4) is 5.75 Å². The highest BCUT2D eigenvalue weighted by Gasteiger charge is 2.07. The lowest BCUT2D eigenvalue weighted by Crippen LogP contribution is -2.19. The summed E-state index contributed by atoms with van der Waals surface area (Å²) in [7, 11) is 0. The first-order valence-corrected chi connectivity index (χ1v) is 7.15. The van der Waals surface area contributed by atoms with Crippen molar-refractivity contribution in [2.45, 2.75) is 53.0 Å². The zero-order chi connectivity index (χ0) is 13.4. The molecule has 0 spiro atoms. The van der Waals surface area contributed by atoms with Gasteiger partial charge in [0.05, 0.1) is 6.61 Å². The smallest absolute Gasteiger partial charge is 0.122 e. The van der Waals surface area contributed by atoms with Crippen molar-refractivity contribution in [3.63, 3.8) is 0 Å². The molecule has 1 N–H and O–H groups in total. The minimum absolute atomic E-state index is 0.411. The Morgan fingerprint density at radius 2 is 2.00 bits per heavy atom. The molecule has 2 heteroatoms. The van der Waals surface area contributed by atoms with Crippen molar-refractivity contribution in [2.24, 2.45) is 0 Å². The monoisotopic (exact) mass is 249 g/mol. The van der Waals surface area contributed by atoms with Gasteiger partial charge in [-0.1, -0.05) is 32.4 Å². The molecular formula is C16H27NO. The van der Waals surface area contributed by atoms with Crippen LogP contribution in [0.25, 0.3) is 0 Å². The van der Waals surface area contributed by atoms with Crippen LogP contribution in [0.3, 0.4) is 0 Å². The van der Waals surface area contributed by atoms with Crippen LogP contribution >= 0.6 is 0 Å². The first kappa shape index (κ1) is 15.0. The highest BCUT2D eigenvalue weighted by atomic mass is 16.5. The lowest BCUT2D eigenvalue weighted by molar-refractivity contribution is 0.307. The fourth-order valence-corrected chi connectivity index (χ4v) is 1.91. The van der Waals surface area contributed by atoms with Crippen molar-refractivity contribution in [2.75, 3.05) is 13.2 Å². The predicted octanol–water partition coefficient (Wildman–Crippen LogP) is 4.23. The molecule has 1 aromatic carbocycles. The zero-order valence-corrected chi connectivity index (χ0v) is 12.3. The average Bonchev–Trinajstić information content (AvgIpc) is 2.38. The fraction of sp³-hybridized carbons (Fsp3) is 0.625. The average molecular weight is 249 g/mol. The molecule has 0 aliphatic carbocycles. The van der Waals surface area contributed by atoms with Gasteiger partial charge in [0.2, 0.25) is 0 Å². The third kappa shape index (κ3) is 4.69. The third-order valence-corrected chi connectivity index (χ3v) is 3.15. The molecule has 1 rings (SSSR count). The van der Waals surface area contributed by atoms with E-state index in [9.17, 15) is 0 Å². The molecule has 0 aliphatic rings. The number of ether oxygens (including phenoxy) is 1. The Balaban J connectivity index is 2.60. The molecule has 0 saturated heterocycles. The van der Waals surface area contributed by atoms with Gasteiger partial charge in [0, 0.05) is 6.04 Å². The molecule has 1 aromatic rings. The first-order chi connectivity index (χ1) is 8.69. The van der Waals surface area contributed by atoms with Crippen LogP contribution in [0, 0.1) is 6.92 Å². The summed E-state index contributed by atoms with van der Waals surface area (Å²) in [4.78, 5) is 0. The summed E-state index contributed by atoms with van der Waals surface area (Å²) in [6.07, 6.45) is 3.46. The van der Waals surface area contributed by atoms with E-state index >= 15 is 0 Å². The van der Waals surface area contributed by atoms with Crippen LogP contribution in [0.5, 0.6) is 5.75 Å². The Morgan fingerprint density at radius 1 is 1.22 bits per heavy atom. The van der Waals surface area contributed by atoms with Crippen molar-refractivity contribution in [1.82, 2.24) is 5.32 Å². The van der Waals surface area contributed by atoms with Gasteiger partial charge in [-0.2, -0.15) is 0 Å². The molecule has 0 amide bonds. The summed E-state index contributed by atoms with van der Waals surface area (Å²) in [5, 5.41) is 3.51. The van der Waals surface area contributed by atoms with Crippen LogP contribution in [0.2, 0.25) is 0 Å². The van der Waals surface area contributed by atoms with Crippen LogP contribution in [-0.2, 0) is 0 Å². The Bertz CT molecular complexity index is 349. The van der Waals surface area contributed by atoms with Crippen LogP contribution in [0.15, 0.2) is 18.2 Å². The molecule has 2 nitrogen and oxygen atoms in total. The van der Waals surface area contributed by atoms with Crippen molar-refractivity contribution in [3.05, 3.63) is 29.3 Å². The van der Waals surface area contributed by atoms with Crippen LogP contribution in [-0.4, -0.2) is 13.2 Å². The summed E-state index contributed by atoms with van der Waals surface area (Å²) in [5.41, 5.74) is 2.57. The predicted molar refractivity (Wildman–Crippen MR) is 78.3 cm³/mol. The van der Waals surface area contributed by atoms with Gasteiger partial charge in [0.1, 0.15) is 5.75 Å². The van der Waals surface area contributed by atoms with Gasteiger partial charge in [0.25, 0.3) is 0 Å². The van der Waals surface area contributed by atoms with E-state index in [4.69, 9.17) is 4.74 Å². The van der Waals surface area contributed by atoms with E-state index in [1.54, 1.807) is 0 Å². The number of hydrogen-bond donors (Lipinski definition) is 1. The summed E-state index contributed by atoms with van der Waals surface area (Å²) in [6, 6.07) is 6.91. The summed E-state index contributed by atoms with van der Waals surface area (Å²) < 4.78 is 5.77.